The molecule has 8 nitrogen and oxygen atoms in total. The summed E-state index contributed by atoms with van der Waals surface area (Å²) in [6, 6.07) is 0. The third-order valence-corrected chi connectivity index (χ3v) is 4.16. The molecule has 0 fully saturated rings. The number of halogens is 4. The van der Waals surface area contributed by atoms with E-state index in [1.165, 1.54) is 6.92 Å². The maximum Gasteiger partial charge on any atom is 0.303 e. The number of nitrogens with one attached hydrogen (secondary N) is 1. The van der Waals surface area contributed by atoms with E-state index in [4.69, 9.17) is 5.53 Å². The van der Waals surface area contributed by atoms with Crippen molar-refractivity contribution >= 4 is 21.7 Å². The molecule has 0 aliphatic carbocycles. The van der Waals surface area contributed by atoms with Gasteiger partial charge in [0.05, 0.1) is 6.61 Å². The summed E-state index contributed by atoms with van der Waals surface area (Å²) in [5.41, 5.74) is 6.67. The Kier molecular flexibility index (Phi) is 7.12. The lowest BCUT2D eigenvalue weighted by molar-refractivity contribution is -0.117. The van der Waals surface area contributed by atoms with E-state index in [9.17, 15) is 30.8 Å². The van der Waals surface area contributed by atoms with Crippen LogP contribution in [-0.2, 0) is 19.1 Å². The van der Waals surface area contributed by atoms with Gasteiger partial charge in [0.2, 0.25) is 5.91 Å². The zero-order chi connectivity index (χ0) is 20.1. The normalized spacial score (nSPS) is 11.0. The molecule has 26 heavy (non-hydrogen) atoms. The third-order valence-electron chi connectivity index (χ3n) is 2.83. The third kappa shape index (κ3) is 4.71. The minimum Gasteiger partial charge on any atom is -0.352 e. The molecule has 0 saturated heterocycles. The molecule has 1 aromatic rings. The van der Waals surface area contributed by atoms with Crippen LogP contribution in [0, 0.1) is 23.3 Å². The summed E-state index contributed by atoms with van der Waals surface area (Å²) in [7, 11) is -5.21. The predicted octanol–water partition coefficient (Wildman–Crippen LogP) is 2.97. The lowest BCUT2D eigenvalue weighted by atomic mass is 10.2. The zero-order valence-electron chi connectivity index (χ0n) is 13.2. The van der Waals surface area contributed by atoms with E-state index < -0.39 is 56.5 Å². The first-order valence-electron chi connectivity index (χ1n) is 6.78. The van der Waals surface area contributed by atoms with Gasteiger partial charge in [0.15, 0.2) is 28.2 Å². The summed E-state index contributed by atoms with van der Waals surface area (Å²) in [5.74, 6) is -9.44. The summed E-state index contributed by atoms with van der Waals surface area (Å²) >= 11 is 0. The number of hydrogen-bond donors (Lipinski definition) is 1. The van der Waals surface area contributed by atoms with Crippen molar-refractivity contribution in [1.82, 2.24) is 5.32 Å². The van der Waals surface area contributed by atoms with E-state index in [0.717, 1.165) is 0 Å². The monoisotopic (exact) mass is 396 g/mol. The van der Waals surface area contributed by atoms with E-state index in [2.05, 4.69) is 21.2 Å². The number of benzene rings is 1. The molecule has 1 aromatic carbocycles. The minimum atomic E-state index is -5.21. The van der Waals surface area contributed by atoms with Crippen LogP contribution in [0.15, 0.2) is 22.2 Å². The fourth-order valence-corrected chi connectivity index (χ4v) is 2.68. The highest BCUT2D eigenvalue weighted by Gasteiger charge is 2.33. The molecule has 13 heteroatoms. The summed E-state index contributed by atoms with van der Waals surface area (Å²) < 4.78 is 82.7. The van der Waals surface area contributed by atoms with Crippen LogP contribution in [0.5, 0.6) is 0 Å². The van der Waals surface area contributed by atoms with Crippen molar-refractivity contribution in [1.29, 1.82) is 0 Å². The first-order valence-corrected chi connectivity index (χ1v) is 8.19. The summed E-state index contributed by atoms with van der Waals surface area (Å²) in [5, 5.41) is 4.78. The lowest BCUT2D eigenvalue weighted by Crippen LogP contribution is -2.26. The molecular weight excluding hydrogens is 384 g/mol. The number of amides is 1. The molecule has 1 rings (SSSR count). The molecule has 0 spiro atoms. The Morgan fingerprint density at radius 2 is 1.77 bits per heavy atom. The molecule has 0 aliphatic heterocycles. The fraction of sp³-hybridized carbons (Fsp3) is 0.308. The number of rotatable bonds is 8. The van der Waals surface area contributed by atoms with Crippen LogP contribution in [-0.4, -0.2) is 27.5 Å². The Morgan fingerprint density at radius 3 is 2.23 bits per heavy atom. The highest BCUT2D eigenvalue weighted by molar-refractivity contribution is 7.86. The lowest BCUT2D eigenvalue weighted by Gasteiger charge is -2.10. The van der Waals surface area contributed by atoms with Gasteiger partial charge >= 0.3 is 10.1 Å². The highest BCUT2D eigenvalue weighted by atomic mass is 32.2. The first kappa shape index (κ1) is 21.4. The van der Waals surface area contributed by atoms with Crippen molar-refractivity contribution in [2.45, 2.75) is 18.2 Å². The molecule has 0 bridgehead atoms. The second kappa shape index (κ2) is 8.65. The molecule has 0 unspecified atom stereocenters. The van der Waals surface area contributed by atoms with Gasteiger partial charge in [0.25, 0.3) is 0 Å². The van der Waals surface area contributed by atoms with Crippen LogP contribution in [0.2, 0.25) is 0 Å². The quantitative estimate of drug-likeness (QED) is 0.106. The first-order chi connectivity index (χ1) is 12.0. The zero-order valence-corrected chi connectivity index (χ0v) is 14.0. The van der Waals surface area contributed by atoms with Crippen molar-refractivity contribution < 1.29 is 35.0 Å². The van der Waals surface area contributed by atoms with E-state index in [1.807, 2.05) is 4.91 Å². The van der Waals surface area contributed by atoms with Gasteiger partial charge < -0.3 is 5.32 Å². The molecule has 0 aliphatic rings. The van der Waals surface area contributed by atoms with Crippen molar-refractivity contribution in [2.24, 2.45) is 5.11 Å². The largest absolute Gasteiger partial charge is 0.352 e. The van der Waals surface area contributed by atoms with E-state index in [0.29, 0.717) is 0 Å². The van der Waals surface area contributed by atoms with Crippen LogP contribution in [0.3, 0.4) is 0 Å². The second-order valence-electron chi connectivity index (χ2n) is 4.79. The van der Waals surface area contributed by atoms with Crippen molar-refractivity contribution in [2.75, 3.05) is 13.2 Å². The molecule has 1 N–H and O–H groups in total. The van der Waals surface area contributed by atoms with Crippen LogP contribution in [0.1, 0.15) is 13.3 Å². The topological polar surface area (TPSA) is 121 Å². The number of hydrogen-bond acceptors (Lipinski definition) is 5. The Morgan fingerprint density at radius 1 is 1.23 bits per heavy atom. The molecular formula is C13H12F4N4O4S. The minimum absolute atomic E-state index is 0.0509. The van der Waals surface area contributed by atoms with E-state index in [-0.39, 0.29) is 18.5 Å². The maximum absolute atomic E-state index is 13.8. The van der Waals surface area contributed by atoms with Crippen LogP contribution in [0.25, 0.3) is 10.4 Å². The molecule has 0 heterocycles. The summed E-state index contributed by atoms with van der Waals surface area (Å²) in [6.07, 6.45) is -0.0940. The average Bonchev–Trinajstić information content (AvgIpc) is 2.56. The van der Waals surface area contributed by atoms with Crippen LogP contribution in [0.4, 0.5) is 23.2 Å². The van der Waals surface area contributed by atoms with Gasteiger partial charge in [-0.2, -0.15) is 8.42 Å². The fourth-order valence-electron chi connectivity index (χ4n) is 1.60. The maximum atomic E-state index is 13.8. The molecule has 0 radical (unpaired) electrons. The van der Waals surface area contributed by atoms with Crippen LogP contribution < -0.4 is 5.32 Å². The number of nitrogens with zero attached hydrogens (tertiary/aromatic N) is 3. The Balaban J connectivity index is 2.98. The van der Waals surface area contributed by atoms with Crippen molar-refractivity contribution in [3.8, 4) is 0 Å². The van der Waals surface area contributed by atoms with Crippen molar-refractivity contribution in [3.05, 3.63) is 45.9 Å². The van der Waals surface area contributed by atoms with Gasteiger partial charge in [-0.05, 0) is 18.9 Å². The second-order valence-corrected chi connectivity index (χ2v) is 6.34. The van der Waals surface area contributed by atoms with E-state index in [1.54, 1.807) is 0 Å². The SMILES string of the molecule is C=C(C)C(=O)NCCCOS(=O)(=O)c1c(F)c(F)c(N=[N+]=[N-])c(F)c1F. The van der Waals surface area contributed by atoms with Gasteiger partial charge in [-0.25, -0.2) is 17.6 Å². The average molecular weight is 396 g/mol. The van der Waals surface area contributed by atoms with Crippen molar-refractivity contribution in [3.63, 3.8) is 0 Å². The van der Waals surface area contributed by atoms with Crippen LogP contribution >= 0.6 is 0 Å². The molecule has 142 valence electrons. The number of carbonyl (C=O) groups is 1. The standard InChI is InChI=1S/C13H12F4N4O4S/c1-6(2)13(22)19-4-3-5-25-26(23,24)12-9(16)7(14)11(20-21-18)8(15)10(12)17/h1,3-5H2,2H3,(H,19,22). The van der Waals surface area contributed by atoms with Gasteiger partial charge in [-0.15, -0.1) is 0 Å². The Bertz CT molecular complexity index is 869. The van der Waals surface area contributed by atoms with Gasteiger partial charge in [0.1, 0.15) is 5.69 Å². The smallest absolute Gasteiger partial charge is 0.303 e. The predicted molar refractivity (Wildman–Crippen MR) is 80.7 cm³/mol. The number of carbonyl (C=O) groups excluding carboxylic acids is 1. The molecule has 0 atom stereocenters. The van der Waals surface area contributed by atoms with Gasteiger partial charge in [0, 0.05) is 17.0 Å². The Hall–Kier alpha value is -2.63. The van der Waals surface area contributed by atoms with Gasteiger partial charge in [-0.3, -0.25) is 8.98 Å². The number of azide groups is 1. The highest BCUT2D eigenvalue weighted by Crippen LogP contribution is 2.33. The Labute approximate surface area is 145 Å². The summed E-state index contributed by atoms with van der Waals surface area (Å²) in [6.45, 7) is 4.11. The van der Waals surface area contributed by atoms with E-state index >= 15 is 0 Å². The molecule has 0 aromatic heterocycles. The molecule has 1 amide bonds. The molecule has 0 saturated carbocycles. The van der Waals surface area contributed by atoms with Gasteiger partial charge in [-0.1, -0.05) is 11.7 Å². The summed E-state index contributed by atoms with van der Waals surface area (Å²) in [4.78, 5) is 11.2.